The van der Waals surface area contributed by atoms with Crippen LogP contribution in [0.4, 0.5) is 0 Å². The molecular weight excluding hydrogens is 220 g/mol. The second-order valence-electron chi connectivity index (χ2n) is 6.16. The summed E-state index contributed by atoms with van der Waals surface area (Å²) in [4.78, 5) is 2.41. The topological polar surface area (TPSA) is 15.3 Å². The molecule has 1 rings (SSSR count). The predicted molar refractivity (Wildman–Crippen MR) is 79.8 cm³/mol. The molecule has 0 saturated carbocycles. The number of nitrogens with zero attached hydrogens (tertiary/aromatic N) is 1. The molecule has 0 radical (unpaired) electrons. The summed E-state index contributed by atoms with van der Waals surface area (Å²) in [6.45, 7) is 11.1. The number of hydrogen-bond donors (Lipinski definition) is 1. The molecule has 1 atom stereocenters. The van der Waals surface area contributed by atoms with Crippen LogP contribution in [-0.2, 0) is 6.54 Å². The number of benzene rings is 1. The van der Waals surface area contributed by atoms with Crippen LogP contribution in [-0.4, -0.2) is 31.6 Å². The predicted octanol–water partition coefficient (Wildman–Crippen LogP) is 3.06. The van der Waals surface area contributed by atoms with Gasteiger partial charge in [0.25, 0.3) is 0 Å². The average molecular weight is 248 g/mol. The Labute approximate surface area is 112 Å². The van der Waals surface area contributed by atoms with Crippen molar-refractivity contribution in [2.75, 3.05) is 20.6 Å². The standard InChI is InChI=1S/C16H28N2/c1-13-8-7-9-15(10-13)11-18(6)12-16(3,4)14(2)17-5/h7-10,14,17H,11-12H2,1-6H3. The number of nitrogens with one attached hydrogen (secondary N) is 1. The largest absolute Gasteiger partial charge is 0.317 e. The van der Waals surface area contributed by atoms with Crippen molar-refractivity contribution in [2.24, 2.45) is 5.41 Å². The van der Waals surface area contributed by atoms with Gasteiger partial charge in [0.1, 0.15) is 0 Å². The van der Waals surface area contributed by atoms with Crippen LogP contribution in [0.25, 0.3) is 0 Å². The minimum absolute atomic E-state index is 0.271. The van der Waals surface area contributed by atoms with Crippen LogP contribution in [0.15, 0.2) is 24.3 Å². The molecule has 1 aromatic carbocycles. The third-order valence-electron chi connectivity index (χ3n) is 3.82. The van der Waals surface area contributed by atoms with Gasteiger partial charge in [-0.2, -0.15) is 0 Å². The van der Waals surface area contributed by atoms with E-state index in [4.69, 9.17) is 0 Å². The fraction of sp³-hybridized carbons (Fsp3) is 0.625. The quantitative estimate of drug-likeness (QED) is 0.832. The Morgan fingerprint density at radius 3 is 2.56 bits per heavy atom. The molecule has 1 unspecified atom stereocenters. The lowest BCUT2D eigenvalue weighted by Gasteiger charge is -2.35. The summed E-state index contributed by atoms with van der Waals surface area (Å²) in [7, 11) is 4.24. The van der Waals surface area contributed by atoms with Crippen LogP contribution >= 0.6 is 0 Å². The van der Waals surface area contributed by atoms with Gasteiger partial charge in [-0.1, -0.05) is 43.7 Å². The zero-order chi connectivity index (χ0) is 13.8. The maximum Gasteiger partial charge on any atom is 0.0231 e. The second kappa shape index (κ2) is 6.35. The minimum Gasteiger partial charge on any atom is -0.317 e. The number of rotatable bonds is 6. The van der Waals surface area contributed by atoms with Crippen LogP contribution in [0.3, 0.4) is 0 Å². The van der Waals surface area contributed by atoms with E-state index in [1.807, 2.05) is 7.05 Å². The van der Waals surface area contributed by atoms with Crippen molar-refractivity contribution in [2.45, 2.75) is 40.3 Å². The van der Waals surface area contributed by atoms with Crippen LogP contribution in [0.1, 0.15) is 31.9 Å². The Kier molecular flexibility index (Phi) is 5.36. The molecule has 0 saturated heterocycles. The minimum atomic E-state index is 0.271. The maximum atomic E-state index is 3.36. The molecule has 0 heterocycles. The van der Waals surface area contributed by atoms with E-state index in [2.05, 4.69) is 69.2 Å². The summed E-state index contributed by atoms with van der Waals surface area (Å²) in [5.74, 6) is 0. The number of hydrogen-bond acceptors (Lipinski definition) is 2. The first-order chi connectivity index (χ1) is 8.35. The fourth-order valence-corrected chi connectivity index (χ4v) is 2.40. The van der Waals surface area contributed by atoms with Gasteiger partial charge in [-0.3, -0.25) is 0 Å². The molecule has 18 heavy (non-hydrogen) atoms. The van der Waals surface area contributed by atoms with E-state index >= 15 is 0 Å². The molecule has 0 aliphatic rings. The molecule has 2 heteroatoms. The summed E-state index contributed by atoms with van der Waals surface area (Å²) in [5, 5.41) is 3.36. The van der Waals surface area contributed by atoms with Gasteiger partial charge in [0.15, 0.2) is 0 Å². The lowest BCUT2D eigenvalue weighted by molar-refractivity contribution is 0.164. The van der Waals surface area contributed by atoms with Crippen molar-refractivity contribution >= 4 is 0 Å². The van der Waals surface area contributed by atoms with Crippen LogP contribution in [0.2, 0.25) is 0 Å². The van der Waals surface area contributed by atoms with Crippen LogP contribution in [0, 0.1) is 12.3 Å². The molecule has 1 aromatic rings. The first-order valence-electron chi connectivity index (χ1n) is 6.76. The third-order valence-corrected chi connectivity index (χ3v) is 3.82. The molecular formula is C16H28N2. The van der Waals surface area contributed by atoms with Crippen molar-refractivity contribution in [3.8, 4) is 0 Å². The van der Waals surface area contributed by atoms with Gasteiger partial charge in [-0.15, -0.1) is 0 Å². The van der Waals surface area contributed by atoms with E-state index in [0.29, 0.717) is 6.04 Å². The summed E-state index contributed by atoms with van der Waals surface area (Å²) in [6.07, 6.45) is 0. The molecule has 2 nitrogen and oxygen atoms in total. The van der Waals surface area contributed by atoms with Gasteiger partial charge in [0, 0.05) is 19.1 Å². The Bertz CT molecular complexity index is 371. The van der Waals surface area contributed by atoms with Gasteiger partial charge in [0.2, 0.25) is 0 Å². The molecule has 0 amide bonds. The average Bonchev–Trinajstić information content (AvgIpc) is 2.26. The Morgan fingerprint density at radius 2 is 2.00 bits per heavy atom. The first-order valence-corrected chi connectivity index (χ1v) is 6.76. The SMILES string of the molecule is CNC(C)C(C)(C)CN(C)Cc1cccc(C)c1. The van der Waals surface area contributed by atoms with Crippen molar-refractivity contribution in [1.82, 2.24) is 10.2 Å². The van der Waals surface area contributed by atoms with Gasteiger partial charge < -0.3 is 10.2 Å². The third kappa shape index (κ3) is 4.43. The van der Waals surface area contributed by atoms with E-state index in [1.54, 1.807) is 0 Å². The Hall–Kier alpha value is -0.860. The van der Waals surface area contributed by atoms with Crippen molar-refractivity contribution < 1.29 is 0 Å². The highest BCUT2D eigenvalue weighted by Crippen LogP contribution is 2.22. The molecule has 0 aliphatic heterocycles. The van der Waals surface area contributed by atoms with Gasteiger partial charge >= 0.3 is 0 Å². The molecule has 1 N–H and O–H groups in total. The van der Waals surface area contributed by atoms with Crippen LogP contribution < -0.4 is 5.32 Å². The lowest BCUT2D eigenvalue weighted by atomic mass is 9.85. The van der Waals surface area contributed by atoms with E-state index in [-0.39, 0.29) is 5.41 Å². The lowest BCUT2D eigenvalue weighted by Crippen LogP contribution is -2.44. The van der Waals surface area contributed by atoms with Crippen molar-refractivity contribution in [3.05, 3.63) is 35.4 Å². The molecule has 0 spiro atoms. The van der Waals surface area contributed by atoms with E-state index in [1.165, 1.54) is 11.1 Å². The van der Waals surface area contributed by atoms with Crippen LogP contribution in [0.5, 0.6) is 0 Å². The van der Waals surface area contributed by atoms with Gasteiger partial charge in [-0.25, -0.2) is 0 Å². The van der Waals surface area contributed by atoms with Crippen molar-refractivity contribution in [3.63, 3.8) is 0 Å². The first kappa shape index (κ1) is 15.2. The van der Waals surface area contributed by atoms with E-state index in [0.717, 1.165) is 13.1 Å². The second-order valence-corrected chi connectivity index (χ2v) is 6.16. The highest BCUT2D eigenvalue weighted by molar-refractivity contribution is 5.22. The zero-order valence-electron chi connectivity index (χ0n) is 12.7. The summed E-state index contributed by atoms with van der Waals surface area (Å²) in [6, 6.07) is 9.27. The molecule has 102 valence electrons. The molecule has 0 fully saturated rings. The maximum absolute atomic E-state index is 3.36. The Morgan fingerprint density at radius 1 is 1.33 bits per heavy atom. The molecule has 0 aliphatic carbocycles. The van der Waals surface area contributed by atoms with E-state index < -0.39 is 0 Å². The molecule has 0 bridgehead atoms. The fourth-order valence-electron chi connectivity index (χ4n) is 2.40. The number of aryl methyl sites for hydroxylation is 1. The van der Waals surface area contributed by atoms with E-state index in [9.17, 15) is 0 Å². The summed E-state index contributed by atoms with van der Waals surface area (Å²) >= 11 is 0. The zero-order valence-corrected chi connectivity index (χ0v) is 12.7. The van der Waals surface area contributed by atoms with Gasteiger partial charge in [-0.05, 0) is 38.9 Å². The normalized spacial score (nSPS) is 13.9. The summed E-state index contributed by atoms with van der Waals surface area (Å²) in [5.41, 5.74) is 3.00. The van der Waals surface area contributed by atoms with Crippen molar-refractivity contribution in [1.29, 1.82) is 0 Å². The van der Waals surface area contributed by atoms with Gasteiger partial charge in [0.05, 0.1) is 0 Å². The smallest absolute Gasteiger partial charge is 0.0231 e. The summed E-state index contributed by atoms with van der Waals surface area (Å²) < 4.78 is 0. The highest BCUT2D eigenvalue weighted by Gasteiger charge is 2.26. The highest BCUT2D eigenvalue weighted by atomic mass is 15.1. The molecule has 0 aromatic heterocycles. The Balaban J connectivity index is 2.59. The monoisotopic (exact) mass is 248 g/mol.